The van der Waals surface area contributed by atoms with Gasteiger partial charge < -0.3 is 5.11 Å². The second kappa shape index (κ2) is 5.28. The largest absolute Gasteiger partial charge is 0.384 e. The Hall–Kier alpha value is -0.120. The molecule has 2 rings (SSSR count). The van der Waals surface area contributed by atoms with E-state index < -0.39 is 0 Å². The fourth-order valence-corrected chi connectivity index (χ4v) is 3.16. The third kappa shape index (κ3) is 2.92. The van der Waals surface area contributed by atoms with Crippen molar-refractivity contribution in [1.29, 1.82) is 0 Å². The number of aliphatic hydroxyl groups is 1. The zero-order valence-electron chi connectivity index (χ0n) is 8.58. The van der Waals surface area contributed by atoms with Gasteiger partial charge in [-0.3, -0.25) is 0 Å². The molecule has 3 heteroatoms. The zero-order valence-corrected chi connectivity index (χ0v) is 11.0. The second-order valence-corrected chi connectivity index (χ2v) is 6.26. The van der Waals surface area contributed by atoms with Crippen LogP contribution in [0.4, 0.5) is 0 Å². The van der Waals surface area contributed by atoms with Crippen LogP contribution in [0, 0.1) is 0 Å². The zero-order chi connectivity index (χ0) is 10.7. The summed E-state index contributed by atoms with van der Waals surface area (Å²) < 4.78 is 1.09. The molecule has 82 valence electrons. The van der Waals surface area contributed by atoms with Crippen molar-refractivity contribution < 1.29 is 5.11 Å². The lowest BCUT2D eigenvalue weighted by Gasteiger charge is -2.12. The predicted octanol–water partition coefficient (Wildman–Crippen LogP) is 4.43. The number of allylic oxidation sites excluding steroid dienone is 1. The Bertz CT molecular complexity index is 356. The molecule has 0 radical (unpaired) electrons. The summed E-state index contributed by atoms with van der Waals surface area (Å²) >= 11 is 5.06. The van der Waals surface area contributed by atoms with Crippen LogP contribution in [0.1, 0.15) is 43.8 Å². The maximum absolute atomic E-state index is 10.2. The van der Waals surface area contributed by atoms with Gasteiger partial charge in [0, 0.05) is 0 Å². The molecule has 1 aliphatic carbocycles. The van der Waals surface area contributed by atoms with Crippen LogP contribution in [-0.2, 0) is 0 Å². The average molecular weight is 287 g/mol. The number of aliphatic hydroxyl groups excluding tert-OH is 1. The maximum Gasteiger partial charge on any atom is 0.101 e. The monoisotopic (exact) mass is 286 g/mol. The minimum Gasteiger partial charge on any atom is -0.384 e. The summed E-state index contributed by atoms with van der Waals surface area (Å²) in [5, 5.41) is 12.2. The van der Waals surface area contributed by atoms with E-state index in [1.807, 2.05) is 11.4 Å². The van der Waals surface area contributed by atoms with Crippen molar-refractivity contribution in [1.82, 2.24) is 0 Å². The SMILES string of the molecule is OC(C1=CCCCCC1)c1csc(Br)c1. The molecule has 0 saturated heterocycles. The van der Waals surface area contributed by atoms with Crippen molar-refractivity contribution in [3.8, 4) is 0 Å². The minimum atomic E-state index is -0.384. The first-order valence-electron chi connectivity index (χ1n) is 5.38. The first kappa shape index (κ1) is 11.4. The van der Waals surface area contributed by atoms with E-state index in [1.54, 1.807) is 11.3 Å². The van der Waals surface area contributed by atoms with Crippen LogP contribution in [0.2, 0.25) is 0 Å². The fraction of sp³-hybridized carbons (Fsp3) is 0.500. The van der Waals surface area contributed by atoms with Crippen molar-refractivity contribution in [2.24, 2.45) is 0 Å². The summed E-state index contributed by atoms with van der Waals surface area (Å²) in [6.45, 7) is 0. The van der Waals surface area contributed by atoms with Gasteiger partial charge in [0.15, 0.2) is 0 Å². The lowest BCUT2D eigenvalue weighted by molar-refractivity contribution is 0.211. The summed E-state index contributed by atoms with van der Waals surface area (Å²) in [5.74, 6) is 0. The maximum atomic E-state index is 10.2. The van der Waals surface area contributed by atoms with E-state index in [0.29, 0.717) is 0 Å². The van der Waals surface area contributed by atoms with Crippen molar-refractivity contribution in [2.45, 2.75) is 38.2 Å². The smallest absolute Gasteiger partial charge is 0.101 e. The van der Waals surface area contributed by atoms with Crippen LogP contribution in [0.25, 0.3) is 0 Å². The molecule has 0 amide bonds. The van der Waals surface area contributed by atoms with Crippen LogP contribution in [0.15, 0.2) is 26.9 Å². The molecule has 15 heavy (non-hydrogen) atoms. The van der Waals surface area contributed by atoms with Crippen molar-refractivity contribution in [2.75, 3.05) is 0 Å². The van der Waals surface area contributed by atoms with Crippen LogP contribution in [0.3, 0.4) is 0 Å². The molecule has 1 nitrogen and oxygen atoms in total. The highest BCUT2D eigenvalue weighted by Gasteiger charge is 2.15. The Morgan fingerprint density at radius 2 is 2.20 bits per heavy atom. The Labute approximate surface area is 103 Å². The topological polar surface area (TPSA) is 20.2 Å². The predicted molar refractivity (Wildman–Crippen MR) is 68.1 cm³/mol. The molecule has 0 fully saturated rings. The molecule has 1 heterocycles. The molecule has 0 aliphatic heterocycles. The third-order valence-electron chi connectivity index (χ3n) is 2.83. The van der Waals surface area contributed by atoms with Gasteiger partial charge in [-0.2, -0.15) is 0 Å². The molecule has 1 aliphatic rings. The van der Waals surface area contributed by atoms with Gasteiger partial charge in [0.1, 0.15) is 6.10 Å². The van der Waals surface area contributed by atoms with E-state index in [4.69, 9.17) is 0 Å². The molecule has 1 unspecified atom stereocenters. The standard InChI is InChI=1S/C12H15BrOS/c13-11-7-10(8-15-11)12(14)9-5-3-1-2-4-6-9/h5,7-8,12,14H,1-4,6H2. The Balaban J connectivity index is 2.12. The second-order valence-electron chi connectivity index (χ2n) is 3.97. The van der Waals surface area contributed by atoms with Crippen LogP contribution in [-0.4, -0.2) is 5.11 Å². The lowest BCUT2D eigenvalue weighted by atomic mass is 10.0. The van der Waals surface area contributed by atoms with Gasteiger partial charge in [-0.1, -0.05) is 12.5 Å². The summed E-state index contributed by atoms with van der Waals surface area (Å²) in [6, 6.07) is 2.01. The first-order chi connectivity index (χ1) is 7.27. The van der Waals surface area contributed by atoms with Gasteiger partial charge in [-0.25, -0.2) is 0 Å². The number of hydrogen-bond acceptors (Lipinski definition) is 2. The molecule has 0 aromatic carbocycles. The van der Waals surface area contributed by atoms with Crippen molar-refractivity contribution in [3.05, 3.63) is 32.4 Å². The van der Waals surface area contributed by atoms with Crippen molar-refractivity contribution >= 4 is 27.3 Å². The number of thiophene rings is 1. The highest BCUT2D eigenvalue weighted by molar-refractivity contribution is 9.11. The summed E-state index contributed by atoms with van der Waals surface area (Å²) in [7, 11) is 0. The molecule has 1 aromatic rings. The quantitative estimate of drug-likeness (QED) is 0.797. The van der Waals surface area contributed by atoms with Crippen LogP contribution < -0.4 is 0 Å². The van der Waals surface area contributed by atoms with Crippen molar-refractivity contribution in [3.63, 3.8) is 0 Å². The lowest BCUT2D eigenvalue weighted by Crippen LogP contribution is -1.99. The third-order valence-corrected chi connectivity index (χ3v) is 4.35. The molecule has 0 saturated carbocycles. The first-order valence-corrected chi connectivity index (χ1v) is 7.05. The van der Waals surface area contributed by atoms with E-state index in [0.717, 1.165) is 22.2 Å². The van der Waals surface area contributed by atoms with Gasteiger partial charge in [0.25, 0.3) is 0 Å². The molecule has 1 aromatic heterocycles. The highest BCUT2D eigenvalue weighted by Crippen LogP contribution is 2.32. The van der Waals surface area contributed by atoms with Gasteiger partial charge >= 0.3 is 0 Å². The Kier molecular flexibility index (Phi) is 4.00. The van der Waals surface area contributed by atoms with E-state index >= 15 is 0 Å². The summed E-state index contributed by atoms with van der Waals surface area (Å²) in [6.07, 6.45) is 7.79. The normalized spacial score (nSPS) is 19.5. The summed E-state index contributed by atoms with van der Waals surface area (Å²) in [5.41, 5.74) is 2.23. The van der Waals surface area contributed by atoms with Crippen LogP contribution >= 0.6 is 27.3 Å². The minimum absolute atomic E-state index is 0.384. The Morgan fingerprint density at radius 1 is 1.33 bits per heavy atom. The van der Waals surface area contributed by atoms with Crippen LogP contribution in [0.5, 0.6) is 0 Å². The van der Waals surface area contributed by atoms with E-state index in [-0.39, 0.29) is 6.10 Å². The number of rotatable bonds is 2. The fourth-order valence-electron chi connectivity index (χ4n) is 1.97. The van der Waals surface area contributed by atoms with E-state index in [9.17, 15) is 5.11 Å². The Morgan fingerprint density at radius 3 is 2.93 bits per heavy atom. The van der Waals surface area contributed by atoms with Gasteiger partial charge in [0.2, 0.25) is 0 Å². The molecule has 0 spiro atoms. The highest BCUT2D eigenvalue weighted by atomic mass is 79.9. The van der Waals surface area contributed by atoms with Gasteiger partial charge in [-0.05, 0) is 64.2 Å². The van der Waals surface area contributed by atoms with Gasteiger partial charge in [0.05, 0.1) is 3.79 Å². The molecule has 1 atom stereocenters. The molecular formula is C12H15BrOS. The summed E-state index contributed by atoms with van der Waals surface area (Å²) in [4.78, 5) is 0. The molecule has 0 bridgehead atoms. The average Bonchev–Trinajstić information content (AvgIpc) is 2.53. The van der Waals surface area contributed by atoms with E-state index in [1.165, 1.54) is 24.8 Å². The number of halogens is 1. The van der Waals surface area contributed by atoms with Gasteiger partial charge in [-0.15, -0.1) is 11.3 Å². The van der Waals surface area contributed by atoms with E-state index in [2.05, 4.69) is 22.0 Å². The number of hydrogen-bond donors (Lipinski definition) is 1. The molecular weight excluding hydrogens is 272 g/mol. The molecule has 1 N–H and O–H groups in total.